The Morgan fingerprint density at radius 2 is 1.13 bits per heavy atom. The average molecular weight is 412 g/mol. The van der Waals surface area contributed by atoms with Crippen LogP contribution in [0.1, 0.15) is 34.0 Å². The molecule has 158 valence electrons. The van der Waals surface area contributed by atoms with Gasteiger partial charge in [0.15, 0.2) is 11.5 Å². The van der Waals surface area contributed by atoms with E-state index in [2.05, 4.69) is 10.6 Å². The van der Waals surface area contributed by atoms with E-state index in [0.717, 1.165) is 11.5 Å². The van der Waals surface area contributed by atoms with Crippen molar-refractivity contribution in [3.63, 3.8) is 0 Å². The van der Waals surface area contributed by atoms with E-state index in [-0.39, 0.29) is 11.8 Å². The maximum Gasteiger partial charge on any atom is 0.286 e. The fraction of sp³-hybridized carbons (Fsp3) is 0.273. The molecular formula is C22H24N2O6. The molecule has 8 heteroatoms. The molecule has 2 heterocycles. The molecular weight excluding hydrogens is 388 g/mol. The number of hydrogen-bond acceptors (Lipinski definition) is 6. The molecule has 3 aromatic rings. The van der Waals surface area contributed by atoms with Gasteiger partial charge in [0, 0.05) is 13.1 Å². The summed E-state index contributed by atoms with van der Waals surface area (Å²) in [4.78, 5) is 23.4. The Bertz CT molecular complexity index is 813. The quantitative estimate of drug-likeness (QED) is 0.443. The Kier molecular flexibility index (Phi) is 7.96. The van der Waals surface area contributed by atoms with Gasteiger partial charge in [0.1, 0.15) is 11.5 Å². The molecule has 2 aromatic heterocycles. The average Bonchev–Trinajstić information content (AvgIpc) is 3.48. The first-order valence-electron chi connectivity index (χ1n) is 9.71. The van der Waals surface area contributed by atoms with Crippen LogP contribution in [0.4, 0.5) is 0 Å². The third-order valence-electron chi connectivity index (χ3n) is 4.06. The summed E-state index contributed by atoms with van der Waals surface area (Å²) in [5.41, 5.74) is 0. The van der Waals surface area contributed by atoms with E-state index in [0.29, 0.717) is 50.7 Å². The zero-order chi connectivity index (χ0) is 21.0. The van der Waals surface area contributed by atoms with Gasteiger partial charge in [0.2, 0.25) is 0 Å². The normalized spacial score (nSPS) is 10.4. The summed E-state index contributed by atoms with van der Waals surface area (Å²) in [6.07, 6.45) is 4.28. The summed E-state index contributed by atoms with van der Waals surface area (Å²) in [7, 11) is 0. The predicted molar refractivity (Wildman–Crippen MR) is 109 cm³/mol. The van der Waals surface area contributed by atoms with E-state index in [1.165, 1.54) is 12.5 Å². The fourth-order valence-electron chi connectivity index (χ4n) is 2.55. The highest BCUT2D eigenvalue weighted by molar-refractivity contribution is 5.91. The molecule has 0 bridgehead atoms. The molecule has 0 atom stereocenters. The van der Waals surface area contributed by atoms with Crippen molar-refractivity contribution < 1.29 is 27.9 Å². The number of carbonyl (C=O) groups excluding carboxylic acids is 2. The maximum absolute atomic E-state index is 11.7. The van der Waals surface area contributed by atoms with Gasteiger partial charge in [-0.3, -0.25) is 9.59 Å². The second-order valence-electron chi connectivity index (χ2n) is 6.34. The SMILES string of the molecule is O=C(NCCCOc1ccc(OCCCNC(=O)c2ccco2)cc1)c1ccco1. The molecule has 0 aliphatic carbocycles. The smallest absolute Gasteiger partial charge is 0.286 e. The standard InChI is InChI=1S/C22H24N2O6/c25-21(19-5-1-13-29-19)23-11-3-15-27-17-7-9-18(10-8-17)28-16-4-12-24-22(26)20-6-2-14-30-20/h1-2,5-10,13-14H,3-4,11-12,15-16H2,(H,23,25)(H,24,26). The summed E-state index contributed by atoms with van der Waals surface area (Å²) in [6, 6.07) is 13.9. The minimum absolute atomic E-state index is 0.234. The van der Waals surface area contributed by atoms with Gasteiger partial charge >= 0.3 is 0 Å². The van der Waals surface area contributed by atoms with Crippen molar-refractivity contribution in [3.8, 4) is 11.5 Å². The van der Waals surface area contributed by atoms with E-state index in [4.69, 9.17) is 18.3 Å². The lowest BCUT2D eigenvalue weighted by Crippen LogP contribution is -2.25. The molecule has 0 aliphatic heterocycles. The van der Waals surface area contributed by atoms with Crippen molar-refractivity contribution >= 4 is 11.8 Å². The van der Waals surface area contributed by atoms with E-state index in [1.807, 2.05) is 24.3 Å². The van der Waals surface area contributed by atoms with Crippen LogP contribution >= 0.6 is 0 Å². The number of furan rings is 2. The number of nitrogens with one attached hydrogen (secondary N) is 2. The van der Waals surface area contributed by atoms with Crippen molar-refractivity contribution in [1.82, 2.24) is 10.6 Å². The van der Waals surface area contributed by atoms with Gasteiger partial charge in [-0.2, -0.15) is 0 Å². The summed E-state index contributed by atoms with van der Waals surface area (Å²) in [6.45, 7) is 1.95. The Hall–Kier alpha value is -3.68. The van der Waals surface area contributed by atoms with Crippen LogP contribution in [0.5, 0.6) is 11.5 Å². The Labute approximate surface area is 174 Å². The van der Waals surface area contributed by atoms with Gasteiger partial charge in [-0.25, -0.2) is 0 Å². The van der Waals surface area contributed by atoms with Crippen LogP contribution in [-0.4, -0.2) is 38.1 Å². The zero-order valence-corrected chi connectivity index (χ0v) is 16.5. The molecule has 0 aliphatic rings. The van der Waals surface area contributed by atoms with Crippen LogP contribution in [0, 0.1) is 0 Å². The first kappa shape index (κ1) is 21.0. The van der Waals surface area contributed by atoms with E-state index in [1.54, 1.807) is 24.3 Å². The molecule has 0 saturated heterocycles. The molecule has 0 spiro atoms. The molecule has 0 fully saturated rings. The molecule has 0 saturated carbocycles. The topological polar surface area (TPSA) is 103 Å². The Morgan fingerprint density at radius 3 is 1.50 bits per heavy atom. The Balaban J connectivity index is 1.24. The number of amides is 2. The minimum Gasteiger partial charge on any atom is -0.494 e. The highest BCUT2D eigenvalue weighted by Crippen LogP contribution is 2.17. The first-order valence-corrected chi connectivity index (χ1v) is 9.71. The van der Waals surface area contributed by atoms with Crippen LogP contribution in [0.3, 0.4) is 0 Å². The second kappa shape index (κ2) is 11.4. The van der Waals surface area contributed by atoms with Gasteiger partial charge in [0.05, 0.1) is 25.7 Å². The number of hydrogen-bond donors (Lipinski definition) is 2. The van der Waals surface area contributed by atoms with Crippen LogP contribution in [0.15, 0.2) is 69.9 Å². The van der Waals surface area contributed by atoms with Crippen molar-refractivity contribution in [3.05, 3.63) is 72.6 Å². The lowest BCUT2D eigenvalue weighted by atomic mass is 10.3. The van der Waals surface area contributed by atoms with Gasteiger partial charge in [-0.15, -0.1) is 0 Å². The summed E-state index contributed by atoms with van der Waals surface area (Å²) in [5, 5.41) is 5.53. The van der Waals surface area contributed by atoms with Crippen LogP contribution in [-0.2, 0) is 0 Å². The first-order chi connectivity index (χ1) is 14.7. The lowest BCUT2D eigenvalue weighted by molar-refractivity contribution is 0.0916. The van der Waals surface area contributed by atoms with E-state index < -0.39 is 0 Å². The van der Waals surface area contributed by atoms with E-state index in [9.17, 15) is 9.59 Å². The molecule has 1 aromatic carbocycles. The largest absolute Gasteiger partial charge is 0.494 e. The molecule has 0 unspecified atom stereocenters. The summed E-state index contributed by atoms with van der Waals surface area (Å²) < 4.78 is 21.3. The molecule has 0 radical (unpaired) electrons. The number of carbonyl (C=O) groups is 2. The van der Waals surface area contributed by atoms with Crippen LogP contribution < -0.4 is 20.1 Å². The molecule has 3 rings (SSSR count). The lowest BCUT2D eigenvalue weighted by Gasteiger charge is -2.09. The summed E-state index contributed by atoms with van der Waals surface area (Å²) >= 11 is 0. The van der Waals surface area contributed by atoms with Gasteiger partial charge in [-0.1, -0.05) is 0 Å². The number of ether oxygens (including phenoxy) is 2. The molecule has 2 amide bonds. The van der Waals surface area contributed by atoms with Crippen molar-refractivity contribution in [2.24, 2.45) is 0 Å². The van der Waals surface area contributed by atoms with Gasteiger partial charge in [0.25, 0.3) is 11.8 Å². The molecule has 30 heavy (non-hydrogen) atoms. The number of benzene rings is 1. The third kappa shape index (κ3) is 6.73. The fourth-order valence-corrected chi connectivity index (χ4v) is 2.55. The van der Waals surface area contributed by atoms with Gasteiger partial charge < -0.3 is 28.9 Å². The van der Waals surface area contributed by atoms with Crippen molar-refractivity contribution in [2.75, 3.05) is 26.3 Å². The third-order valence-corrected chi connectivity index (χ3v) is 4.06. The highest BCUT2D eigenvalue weighted by atomic mass is 16.5. The molecule has 8 nitrogen and oxygen atoms in total. The van der Waals surface area contributed by atoms with Gasteiger partial charge in [-0.05, 0) is 61.4 Å². The predicted octanol–water partition coefficient (Wildman–Crippen LogP) is 3.27. The highest BCUT2D eigenvalue weighted by Gasteiger charge is 2.07. The monoisotopic (exact) mass is 412 g/mol. The van der Waals surface area contributed by atoms with Crippen LogP contribution in [0.25, 0.3) is 0 Å². The summed E-state index contributed by atoms with van der Waals surface area (Å²) in [5.74, 6) is 1.58. The van der Waals surface area contributed by atoms with Crippen LogP contribution in [0.2, 0.25) is 0 Å². The Morgan fingerprint density at radius 1 is 0.700 bits per heavy atom. The maximum atomic E-state index is 11.7. The number of rotatable bonds is 12. The van der Waals surface area contributed by atoms with Crippen molar-refractivity contribution in [1.29, 1.82) is 0 Å². The van der Waals surface area contributed by atoms with E-state index >= 15 is 0 Å². The minimum atomic E-state index is -0.234. The molecule has 2 N–H and O–H groups in total. The zero-order valence-electron chi connectivity index (χ0n) is 16.5. The van der Waals surface area contributed by atoms with Crippen molar-refractivity contribution in [2.45, 2.75) is 12.8 Å². The second-order valence-corrected chi connectivity index (χ2v) is 6.34.